The summed E-state index contributed by atoms with van der Waals surface area (Å²) in [4.78, 5) is 91.0. The third-order valence-electron chi connectivity index (χ3n) is 18.9. The highest BCUT2D eigenvalue weighted by atomic mass is 35.5. The monoisotopic (exact) mass is 1410 g/mol. The van der Waals surface area contributed by atoms with Crippen LogP contribution in [0.25, 0.3) is 27.9 Å². The molecular formula is C74H95ClN10O16. The number of Topliss-reactive ketones (excluding diaryl/α,β-unsaturated/α-hetero) is 1. The molecule has 1 aliphatic carbocycles. The first-order valence-electron chi connectivity index (χ1n) is 34.6. The maximum atomic E-state index is 14.6. The molecule has 10 rings (SSSR count). The fourth-order valence-electron chi connectivity index (χ4n) is 13.1. The number of carbonyl (C=O) groups is 6. The maximum Gasteiger partial charge on any atom is 0.295 e. The lowest BCUT2D eigenvalue weighted by molar-refractivity contribution is -0.321. The quantitative estimate of drug-likeness (QED) is 0.0108. The van der Waals surface area contributed by atoms with Gasteiger partial charge in [0.2, 0.25) is 30.3 Å². The van der Waals surface area contributed by atoms with Gasteiger partial charge in [-0.15, -0.1) is 11.6 Å². The van der Waals surface area contributed by atoms with Gasteiger partial charge in [-0.2, -0.15) is 0 Å². The molecular weight excluding hydrogens is 1320 g/mol. The third-order valence-corrected chi connectivity index (χ3v) is 19.2. The van der Waals surface area contributed by atoms with E-state index in [2.05, 4.69) is 37.0 Å². The molecule has 5 heterocycles. The zero-order valence-corrected chi connectivity index (χ0v) is 59.2. The minimum absolute atomic E-state index is 0.00884. The number of benzene rings is 4. The van der Waals surface area contributed by atoms with Gasteiger partial charge in [0.15, 0.2) is 5.78 Å². The first-order valence-corrected chi connectivity index (χ1v) is 35.1. The lowest BCUT2D eigenvalue weighted by Crippen LogP contribution is -2.59. The highest BCUT2D eigenvalue weighted by Gasteiger charge is 2.47. The normalized spacial score (nSPS) is 19.7. The molecule has 101 heavy (non-hydrogen) atoms. The number of ketones is 1. The van der Waals surface area contributed by atoms with Crippen LogP contribution in [0.4, 0.5) is 11.4 Å². The number of nitrogens with one attached hydrogen (secondary N) is 4. The number of aryl methyl sites for hydroxylation is 1. The van der Waals surface area contributed by atoms with E-state index in [0.717, 1.165) is 69.3 Å². The van der Waals surface area contributed by atoms with E-state index in [1.54, 1.807) is 37.9 Å². The molecule has 2 saturated heterocycles. The number of nitrogens with zero attached hydrogens (tertiary/aromatic N) is 6. The Morgan fingerprint density at radius 2 is 1.59 bits per heavy atom. The molecule has 544 valence electrons. The lowest BCUT2D eigenvalue weighted by Gasteiger charge is -2.39. The fourth-order valence-corrected chi connectivity index (χ4v) is 13.4. The van der Waals surface area contributed by atoms with Crippen LogP contribution in [0.3, 0.4) is 0 Å². The summed E-state index contributed by atoms with van der Waals surface area (Å²) < 4.78 is 42.9. The summed E-state index contributed by atoms with van der Waals surface area (Å²) in [5, 5.41) is 46.3. The molecule has 0 radical (unpaired) electrons. The zero-order valence-electron chi connectivity index (χ0n) is 58.4. The van der Waals surface area contributed by atoms with Gasteiger partial charge in [0, 0.05) is 130 Å². The molecule has 0 spiro atoms. The Labute approximate surface area is 593 Å². The molecule has 26 nitrogen and oxygen atoms in total. The van der Waals surface area contributed by atoms with E-state index in [1.807, 2.05) is 110 Å². The van der Waals surface area contributed by atoms with Crippen LogP contribution in [-0.4, -0.2) is 218 Å². The van der Waals surface area contributed by atoms with Crippen molar-refractivity contribution in [1.29, 1.82) is 0 Å². The van der Waals surface area contributed by atoms with Crippen LogP contribution in [0.2, 0.25) is 0 Å². The molecule has 27 heteroatoms. The molecule has 2 aromatic heterocycles. The van der Waals surface area contributed by atoms with Gasteiger partial charge in [-0.25, -0.2) is 9.99 Å². The molecule has 2 fully saturated rings. The number of aliphatic hydroxyl groups is 3. The summed E-state index contributed by atoms with van der Waals surface area (Å²) in [6.07, 6.45) is -3.16. The second-order valence-corrected chi connectivity index (χ2v) is 27.1. The standard InChI is InChI=1S/C74H95ClN10O16/c1-45(2)66(80-63(88)21-28-95-31-32-96-29-23-77-53-18-24-83(25-19-53)64(89)20-26-84-54(42-82(7)76-4)37-49-11-10-22-78-70(49)84)60(87)33-46(3)71(93)79-58-17-14-47(34-62(58)100-74-69(92)67(90)68(91)73(101-74)99-44-86)43-98-61-39-59-65(57-13-9-8-12-56(57)61)52(40-75)41-85(59)72(94)51-35-48-15-16-55(38-50(48)36-51)97-30-27-81(5)6/h8-17,22,34,36-39,44-46,52-53,66-69,73-74,76-77,90-92H,18-21,23-33,35,40-43H2,1-7H3,(H,79,93)(H,80,88)/t46-,52-,66+,67+,68+,69-,73+,74-/m1/s1. The first kappa shape index (κ1) is 75.5. The molecule has 0 bridgehead atoms. The number of likely N-dealkylation sites (tertiary alicyclic amines) is 1. The van der Waals surface area contributed by atoms with E-state index >= 15 is 0 Å². The molecule has 0 saturated carbocycles. The van der Waals surface area contributed by atoms with Crippen LogP contribution in [0, 0.1) is 11.8 Å². The van der Waals surface area contributed by atoms with Gasteiger partial charge in [-0.05, 0) is 116 Å². The van der Waals surface area contributed by atoms with Crippen molar-refractivity contribution in [1.82, 2.24) is 40.4 Å². The first-order chi connectivity index (χ1) is 48.7. The number of alkyl halides is 1. The predicted octanol–water partition coefficient (Wildman–Crippen LogP) is 5.67. The van der Waals surface area contributed by atoms with Crippen molar-refractivity contribution in [3.05, 3.63) is 125 Å². The van der Waals surface area contributed by atoms with Crippen molar-refractivity contribution < 1.29 is 77.2 Å². The van der Waals surface area contributed by atoms with Gasteiger partial charge >= 0.3 is 0 Å². The Morgan fingerprint density at radius 1 is 0.832 bits per heavy atom. The zero-order chi connectivity index (χ0) is 71.9. The van der Waals surface area contributed by atoms with Crippen molar-refractivity contribution in [2.75, 3.05) is 110 Å². The van der Waals surface area contributed by atoms with Crippen LogP contribution in [0.15, 0.2) is 96.7 Å². The molecule has 3 aliphatic heterocycles. The molecule has 4 aliphatic rings. The van der Waals surface area contributed by atoms with Crippen molar-refractivity contribution in [2.45, 2.75) is 128 Å². The number of anilines is 2. The summed E-state index contributed by atoms with van der Waals surface area (Å²) in [5.41, 5.74) is 9.78. The number of carbonyl (C=O) groups excluding carboxylic acids is 6. The third kappa shape index (κ3) is 19.1. The minimum atomic E-state index is -1.89. The largest absolute Gasteiger partial charge is 0.492 e. The van der Waals surface area contributed by atoms with Gasteiger partial charge in [0.25, 0.3) is 12.4 Å². The molecule has 4 aromatic carbocycles. The molecule has 4 amide bonds. The topological polar surface area (TPSA) is 307 Å². The van der Waals surface area contributed by atoms with E-state index in [0.29, 0.717) is 94.5 Å². The van der Waals surface area contributed by atoms with E-state index in [-0.39, 0.29) is 91.9 Å². The Hall–Kier alpha value is -8.12. The lowest BCUT2D eigenvalue weighted by atomic mass is 9.92. The summed E-state index contributed by atoms with van der Waals surface area (Å²) in [6.45, 7) is 11.0. The van der Waals surface area contributed by atoms with Gasteiger partial charge in [0.05, 0.1) is 50.4 Å². The number of hydrazine groups is 1. The number of ether oxygens (including phenoxy) is 7. The van der Waals surface area contributed by atoms with Crippen LogP contribution in [-0.2, 0) is 73.8 Å². The van der Waals surface area contributed by atoms with Gasteiger partial charge < -0.3 is 79.0 Å². The van der Waals surface area contributed by atoms with E-state index < -0.39 is 54.7 Å². The molecule has 6 aromatic rings. The molecule has 7 N–H and O–H groups in total. The average molecular weight is 1420 g/mol. The number of rotatable bonds is 36. The Kier molecular flexibility index (Phi) is 26.7. The second kappa shape index (κ2) is 35.7. The van der Waals surface area contributed by atoms with E-state index in [9.17, 15) is 44.1 Å². The smallest absolute Gasteiger partial charge is 0.295 e. The number of fused-ring (bicyclic) bond motifs is 5. The molecule has 8 atom stereocenters. The van der Waals surface area contributed by atoms with Crippen LogP contribution in [0.5, 0.6) is 17.2 Å². The van der Waals surface area contributed by atoms with E-state index in [4.69, 9.17) is 44.8 Å². The number of aliphatic hydroxyl groups excluding tert-OH is 3. The summed E-state index contributed by atoms with van der Waals surface area (Å²) in [5.74, 6) is -1.53. The number of aromatic nitrogens is 2. The van der Waals surface area contributed by atoms with Gasteiger partial charge in [-0.3, -0.25) is 38.9 Å². The van der Waals surface area contributed by atoms with Crippen molar-refractivity contribution in [3.63, 3.8) is 0 Å². The number of hydrogen-bond acceptors (Lipinski definition) is 21. The van der Waals surface area contributed by atoms with Crippen LogP contribution >= 0.6 is 11.6 Å². The number of amides is 4. The minimum Gasteiger partial charge on any atom is -0.492 e. The molecule has 0 unspecified atom stereocenters. The van der Waals surface area contributed by atoms with Crippen LogP contribution in [0.1, 0.15) is 86.7 Å². The summed E-state index contributed by atoms with van der Waals surface area (Å²) in [7, 11) is 7.81. The van der Waals surface area contributed by atoms with Gasteiger partial charge in [-0.1, -0.05) is 57.2 Å². The number of halogens is 1. The summed E-state index contributed by atoms with van der Waals surface area (Å²) in [6, 6.07) is 25.5. The Bertz CT molecular complexity index is 3900. The Morgan fingerprint density at radius 3 is 2.34 bits per heavy atom. The van der Waals surface area contributed by atoms with Gasteiger partial charge in [0.1, 0.15) is 54.4 Å². The van der Waals surface area contributed by atoms with E-state index in [1.165, 1.54) is 12.1 Å². The maximum absolute atomic E-state index is 14.6. The Balaban J connectivity index is 0.699. The summed E-state index contributed by atoms with van der Waals surface area (Å²) >= 11 is 6.67. The van der Waals surface area contributed by atoms with Crippen molar-refractivity contribution in [3.8, 4) is 17.2 Å². The second-order valence-electron chi connectivity index (χ2n) is 26.8. The number of likely N-dealkylation sites (N-methyl/N-ethyl adjacent to an activating group) is 1. The number of hydrogen-bond donors (Lipinski definition) is 7. The SMILES string of the molecule is CNN(C)Cc1cc2cccnc2n1CCC(=O)N1CCC(NCCOCCOCCC(=O)N[C@H](C(=O)C[C@@H](C)C(=O)Nc2ccc(COc3cc4c(c5ccccc35)[C@H](CCl)CN4C(=O)C3=Cc4cc(OCCN(C)C)ccc4C3)cc2O[C@@H]2O[C@H](OC=O)[C@@H](O)[C@H](O)[C@H]2O)C(C)C)CC1. The number of pyridine rings is 1. The van der Waals surface area contributed by atoms with Crippen molar-refractivity contribution in [2.24, 2.45) is 11.8 Å². The number of piperidine rings is 1. The predicted molar refractivity (Wildman–Crippen MR) is 380 cm³/mol. The van der Waals surface area contributed by atoms with Crippen molar-refractivity contribution >= 4 is 86.7 Å². The highest BCUT2D eigenvalue weighted by molar-refractivity contribution is 6.19. The highest BCUT2D eigenvalue weighted by Crippen LogP contribution is 2.47. The average Bonchev–Trinajstić information content (AvgIpc) is 1.61. The fraction of sp³-hybridized carbons (Fsp3) is 0.500. The van der Waals surface area contributed by atoms with Crippen LogP contribution < -0.4 is 40.5 Å².